The Morgan fingerprint density at radius 2 is 1.00 bits per heavy atom. The molecule has 3 heteroatoms. The number of benzene rings is 2. The summed E-state index contributed by atoms with van der Waals surface area (Å²) in [4.78, 5) is 0. The van der Waals surface area contributed by atoms with E-state index in [-0.39, 0.29) is 0 Å². The molecule has 0 spiro atoms. The molecule has 0 aromatic heterocycles. The highest BCUT2D eigenvalue weighted by molar-refractivity contribution is 5.61. The number of nitrogens with one attached hydrogen (secondary N) is 3. The minimum absolute atomic E-state index is 0.521. The predicted molar refractivity (Wildman–Crippen MR) is 130 cm³/mol. The second-order valence-electron chi connectivity index (χ2n) is 9.01. The molecule has 3 N–H and O–H groups in total. The molecule has 2 aromatic rings. The van der Waals surface area contributed by atoms with E-state index < -0.39 is 0 Å². The van der Waals surface area contributed by atoms with Crippen LogP contribution in [0.25, 0.3) is 0 Å². The molecule has 0 amide bonds. The van der Waals surface area contributed by atoms with Crippen LogP contribution in [-0.2, 0) is 0 Å². The lowest BCUT2D eigenvalue weighted by molar-refractivity contribution is 0.716. The van der Waals surface area contributed by atoms with Crippen molar-refractivity contribution in [1.29, 1.82) is 0 Å². The number of rotatable bonds is 10. The molecule has 0 atom stereocenters. The maximum atomic E-state index is 3.72. The van der Waals surface area contributed by atoms with E-state index in [9.17, 15) is 0 Å². The summed E-state index contributed by atoms with van der Waals surface area (Å²) < 4.78 is 0. The molecule has 0 fully saturated rings. The first kappa shape index (κ1) is 23.3. The molecule has 0 radical (unpaired) electrons. The minimum atomic E-state index is 0.521. The molecular formula is C26H41N3. The predicted octanol–water partition coefficient (Wildman–Crippen LogP) is 6.28. The third-order valence-corrected chi connectivity index (χ3v) is 5.47. The smallest absolute Gasteiger partial charge is 0.0411 e. The van der Waals surface area contributed by atoms with Gasteiger partial charge in [-0.1, -0.05) is 63.1 Å². The van der Waals surface area contributed by atoms with Gasteiger partial charge in [-0.3, -0.25) is 0 Å². The Bertz CT molecular complexity index is 754. The normalized spacial score (nSPS) is 11.4. The van der Waals surface area contributed by atoms with Crippen LogP contribution in [0.1, 0.15) is 72.9 Å². The Morgan fingerprint density at radius 3 is 1.45 bits per heavy atom. The molecular weight excluding hydrogens is 354 g/mol. The van der Waals surface area contributed by atoms with Gasteiger partial charge in [0.1, 0.15) is 0 Å². The standard InChI is InChI=1S/C26H41N3/c1-17(2)23-15-20(6)16-24(18(3)4)26(23)29-12-10-27-9-11-28-25-21(7)13-19(5)14-22(25)8/h13-18,27-29H,9-12H2,1-8H3. The second kappa shape index (κ2) is 10.7. The molecule has 29 heavy (non-hydrogen) atoms. The van der Waals surface area contributed by atoms with Crippen LogP contribution < -0.4 is 16.0 Å². The molecule has 0 aliphatic carbocycles. The van der Waals surface area contributed by atoms with Crippen LogP contribution in [0, 0.1) is 27.7 Å². The van der Waals surface area contributed by atoms with Crippen molar-refractivity contribution in [2.24, 2.45) is 0 Å². The molecule has 0 saturated heterocycles. The summed E-state index contributed by atoms with van der Waals surface area (Å²) >= 11 is 0. The molecule has 0 bridgehead atoms. The van der Waals surface area contributed by atoms with E-state index >= 15 is 0 Å². The van der Waals surface area contributed by atoms with Gasteiger partial charge in [0.05, 0.1) is 0 Å². The van der Waals surface area contributed by atoms with Gasteiger partial charge in [0, 0.05) is 37.6 Å². The third kappa shape index (κ3) is 6.50. The van der Waals surface area contributed by atoms with Crippen LogP contribution in [0.2, 0.25) is 0 Å². The van der Waals surface area contributed by atoms with E-state index in [1.807, 2.05) is 0 Å². The summed E-state index contributed by atoms with van der Waals surface area (Å²) in [5.74, 6) is 1.04. The average molecular weight is 396 g/mol. The van der Waals surface area contributed by atoms with Crippen LogP contribution in [0.5, 0.6) is 0 Å². The molecule has 0 aliphatic heterocycles. The SMILES string of the molecule is Cc1cc(C)c(NCCNCCNc2c(C(C)C)cc(C)cc2C(C)C)c(C)c1. The van der Waals surface area contributed by atoms with Gasteiger partial charge in [-0.2, -0.15) is 0 Å². The lowest BCUT2D eigenvalue weighted by atomic mass is 9.90. The first-order chi connectivity index (χ1) is 13.7. The van der Waals surface area contributed by atoms with Gasteiger partial charge in [-0.15, -0.1) is 0 Å². The monoisotopic (exact) mass is 395 g/mol. The summed E-state index contributed by atoms with van der Waals surface area (Å²) in [5, 5.41) is 10.9. The second-order valence-corrected chi connectivity index (χ2v) is 9.01. The topological polar surface area (TPSA) is 36.1 Å². The molecule has 160 valence electrons. The summed E-state index contributed by atoms with van der Waals surface area (Å²) in [7, 11) is 0. The van der Waals surface area contributed by atoms with E-state index in [0.717, 1.165) is 26.2 Å². The maximum absolute atomic E-state index is 3.72. The Balaban J connectivity index is 1.84. The van der Waals surface area contributed by atoms with Crippen molar-refractivity contribution >= 4 is 11.4 Å². The van der Waals surface area contributed by atoms with Crippen LogP contribution in [0.3, 0.4) is 0 Å². The van der Waals surface area contributed by atoms with Crippen molar-refractivity contribution in [3.8, 4) is 0 Å². The molecule has 0 aliphatic rings. The fraction of sp³-hybridized carbons (Fsp3) is 0.538. The third-order valence-electron chi connectivity index (χ3n) is 5.47. The van der Waals surface area contributed by atoms with E-state index in [0.29, 0.717) is 11.8 Å². The lowest BCUT2D eigenvalue weighted by Crippen LogP contribution is -2.28. The van der Waals surface area contributed by atoms with Crippen molar-refractivity contribution in [2.75, 3.05) is 36.8 Å². The molecule has 2 rings (SSSR count). The summed E-state index contributed by atoms with van der Waals surface area (Å²) in [5.41, 5.74) is 10.8. The van der Waals surface area contributed by atoms with Gasteiger partial charge in [0.25, 0.3) is 0 Å². The average Bonchev–Trinajstić information content (AvgIpc) is 2.62. The number of anilines is 2. The molecule has 0 heterocycles. The van der Waals surface area contributed by atoms with Gasteiger partial charge in [0.2, 0.25) is 0 Å². The molecule has 0 saturated carbocycles. The summed E-state index contributed by atoms with van der Waals surface area (Å²) in [6, 6.07) is 9.16. The summed E-state index contributed by atoms with van der Waals surface area (Å²) in [6.07, 6.45) is 0. The summed E-state index contributed by atoms with van der Waals surface area (Å²) in [6.45, 7) is 21.6. The van der Waals surface area contributed by atoms with E-state index in [1.54, 1.807) is 0 Å². The zero-order valence-corrected chi connectivity index (χ0v) is 19.8. The van der Waals surface area contributed by atoms with Crippen LogP contribution in [0.15, 0.2) is 24.3 Å². The van der Waals surface area contributed by atoms with Crippen LogP contribution in [-0.4, -0.2) is 26.2 Å². The van der Waals surface area contributed by atoms with Gasteiger partial charge < -0.3 is 16.0 Å². The number of hydrogen-bond donors (Lipinski definition) is 3. The fourth-order valence-electron chi connectivity index (χ4n) is 4.09. The van der Waals surface area contributed by atoms with Crippen LogP contribution in [0.4, 0.5) is 11.4 Å². The van der Waals surface area contributed by atoms with Gasteiger partial charge >= 0.3 is 0 Å². The first-order valence-electron chi connectivity index (χ1n) is 11.1. The highest BCUT2D eigenvalue weighted by Crippen LogP contribution is 2.33. The molecule has 2 aromatic carbocycles. The van der Waals surface area contributed by atoms with Crippen molar-refractivity contribution in [2.45, 2.75) is 67.2 Å². The molecule has 0 unspecified atom stereocenters. The Kier molecular flexibility index (Phi) is 8.58. The van der Waals surface area contributed by atoms with Crippen molar-refractivity contribution < 1.29 is 0 Å². The Hall–Kier alpha value is -2.00. The number of aryl methyl sites for hydroxylation is 4. The van der Waals surface area contributed by atoms with E-state index in [2.05, 4.69) is 95.6 Å². The minimum Gasteiger partial charge on any atom is -0.383 e. The zero-order chi connectivity index (χ0) is 21.6. The van der Waals surface area contributed by atoms with Crippen molar-refractivity contribution in [3.63, 3.8) is 0 Å². The van der Waals surface area contributed by atoms with Gasteiger partial charge in [-0.25, -0.2) is 0 Å². The van der Waals surface area contributed by atoms with Crippen molar-refractivity contribution in [3.05, 3.63) is 57.6 Å². The fourth-order valence-corrected chi connectivity index (χ4v) is 4.09. The largest absolute Gasteiger partial charge is 0.383 e. The first-order valence-corrected chi connectivity index (χ1v) is 11.1. The highest BCUT2D eigenvalue weighted by Gasteiger charge is 2.14. The highest BCUT2D eigenvalue weighted by atomic mass is 15.0. The van der Waals surface area contributed by atoms with E-state index in [1.165, 1.54) is 44.8 Å². The zero-order valence-electron chi connectivity index (χ0n) is 19.8. The van der Waals surface area contributed by atoms with Gasteiger partial charge in [0.15, 0.2) is 0 Å². The maximum Gasteiger partial charge on any atom is 0.0411 e. The van der Waals surface area contributed by atoms with Gasteiger partial charge in [-0.05, 0) is 61.8 Å². The van der Waals surface area contributed by atoms with Crippen molar-refractivity contribution in [1.82, 2.24) is 5.32 Å². The molecule has 3 nitrogen and oxygen atoms in total. The van der Waals surface area contributed by atoms with Crippen LogP contribution >= 0.6 is 0 Å². The quantitative estimate of drug-likeness (QED) is 0.414. The Labute approximate surface area is 178 Å². The number of hydrogen-bond acceptors (Lipinski definition) is 3. The van der Waals surface area contributed by atoms with E-state index in [4.69, 9.17) is 0 Å². The Morgan fingerprint density at radius 1 is 0.586 bits per heavy atom. The lowest BCUT2D eigenvalue weighted by Gasteiger charge is -2.22.